The summed E-state index contributed by atoms with van der Waals surface area (Å²) in [4.78, 5) is 19.2. The van der Waals surface area contributed by atoms with Crippen LogP contribution in [0.15, 0.2) is 93.0 Å². The molecule has 0 bridgehead atoms. The van der Waals surface area contributed by atoms with E-state index >= 15 is 0 Å². The molecule has 198 valence electrons. The van der Waals surface area contributed by atoms with Crippen LogP contribution in [0.5, 0.6) is 5.88 Å². The van der Waals surface area contributed by atoms with Crippen LogP contribution >= 0.6 is 34.7 Å². The topological polar surface area (TPSA) is 71.5 Å². The second-order valence-electron chi connectivity index (χ2n) is 9.56. The van der Waals surface area contributed by atoms with Crippen molar-refractivity contribution in [3.63, 3.8) is 0 Å². The van der Waals surface area contributed by atoms with E-state index in [0.717, 1.165) is 47.7 Å². The van der Waals surface area contributed by atoms with Crippen molar-refractivity contribution in [2.75, 3.05) is 0 Å². The van der Waals surface area contributed by atoms with Gasteiger partial charge >= 0.3 is 0 Å². The third-order valence-corrected chi connectivity index (χ3v) is 9.40. The fourth-order valence-electron chi connectivity index (χ4n) is 5.21. The van der Waals surface area contributed by atoms with Gasteiger partial charge < -0.3 is 15.2 Å². The normalized spacial score (nSPS) is 20.9. The van der Waals surface area contributed by atoms with Crippen LogP contribution in [0.4, 0.5) is 4.39 Å². The lowest BCUT2D eigenvalue weighted by molar-refractivity contribution is -0.119. The number of carbonyl (C=O) groups is 1. The minimum absolute atomic E-state index is 0.0359. The van der Waals surface area contributed by atoms with E-state index in [1.165, 1.54) is 17.4 Å². The van der Waals surface area contributed by atoms with Crippen molar-refractivity contribution in [1.29, 1.82) is 0 Å². The molecule has 0 spiro atoms. The Morgan fingerprint density at radius 1 is 1.15 bits per heavy atom. The molecule has 2 aromatic heterocycles. The maximum atomic E-state index is 13.8. The van der Waals surface area contributed by atoms with Gasteiger partial charge in [-0.25, -0.2) is 9.37 Å². The van der Waals surface area contributed by atoms with Gasteiger partial charge in [0, 0.05) is 17.4 Å². The average molecular weight is 579 g/mol. The van der Waals surface area contributed by atoms with Crippen LogP contribution in [0.3, 0.4) is 0 Å². The van der Waals surface area contributed by atoms with E-state index in [4.69, 9.17) is 21.3 Å². The SMILES string of the molecule is O=C1NC(c2ccsc2)(c2cccc(OC3CCCc4cc(F)ccc43)n2)CC(O)=C1Sc1ccccc1Cl. The van der Waals surface area contributed by atoms with Gasteiger partial charge in [0.25, 0.3) is 5.91 Å². The molecule has 0 fully saturated rings. The van der Waals surface area contributed by atoms with Crippen LogP contribution < -0.4 is 10.1 Å². The average Bonchev–Trinajstić information content (AvgIpc) is 3.48. The second kappa shape index (κ2) is 10.7. The monoisotopic (exact) mass is 578 g/mol. The lowest BCUT2D eigenvalue weighted by atomic mass is 9.82. The largest absolute Gasteiger partial charge is 0.511 e. The number of nitrogens with zero attached hydrogens (tertiary/aromatic N) is 1. The predicted molar refractivity (Wildman–Crippen MR) is 152 cm³/mol. The maximum absolute atomic E-state index is 13.8. The Kier molecular flexibility index (Phi) is 7.10. The number of pyridine rings is 1. The molecule has 5 nitrogen and oxygen atoms in total. The molecule has 2 atom stereocenters. The molecule has 0 radical (unpaired) electrons. The van der Waals surface area contributed by atoms with Gasteiger partial charge in [0.05, 0.1) is 10.7 Å². The number of aliphatic hydroxyl groups excluding tert-OH is 1. The third kappa shape index (κ3) is 5.04. The van der Waals surface area contributed by atoms with Crippen LogP contribution in [0.1, 0.15) is 47.8 Å². The zero-order chi connectivity index (χ0) is 27.0. The minimum atomic E-state index is -1.08. The fourth-order valence-corrected chi connectivity index (χ4v) is 7.06. The van der Waals surface area contributed by atoms with Crippen LogP contribution in [0.2, 0.25) is 5.02 Å². The fraction of sp³-hybridized carbons (Fsp3) is 0.200. The van der Waals surface area contributed by atoms with Crippen LogP contribution in [0, 0.1) is 5.82 Å². The highest BCUT2D eigenvalue weighted by Crippen LogP contribution is 2.44. The maximum Gasteiger partial charge on any atom is 0.262 e. The quantitative estimate of drug-likeness (QED) is 0.245. The number of aryl methyl sites for hydroxylation is 1. The van der Waals surface area contributed by atoms with E-state index in [0.29, 0.717) is 21.5 Å². The van der Waals surface area contributed by atoms with E-state index in [1.807, 2.05) is 47.2 Å². The van der Waals surface area contributed by atoms with Gasteiger partial charge in [0.2, 0.25) is 5.88 Å². The molecule has 39 heavy (non-hydrogen) atoms. The molecule has 1 aliphatic carbocycles. The van der Waals surface area contributed by atoms with Gasteiger partial charge in [-0.3, -0.25) is 4.79 Å². The summed E-state index contributed by atoms with van der Waals surface area (Å²) in [5, 5.41) is 18.7. The van der Waals surface area contributed by atoms with Crippen molar-refractivity contribution in [2.24, 2.45) is 0 Å². The lowest BCUT2D eigenvalue weighted by Gasteiger charge is -2.38. The number of carbonyl (C=O) groups excluding carboxylic acids is 1. The van der Waals surface area contributed by atoms with E-state index < -0.39 is 11.4 Å². The number of rotatable bonds is 6. The van der Waals surface area contributed by atoms with E-state index in [-0.39, 0.29) is 29.0 Å². The Balaban J connectivity index is 1.35. The molecule has 1 amide bonds. The van der Waals surface area contributed by atoms with E-state index in [2.05, 4.69) is 5.32 Å². The molecule has 1 aliphatic heterocycles. The molecule has 9 heteroatoms. The van der Waals surface area contributed by atoms with Gasteiger partial charge in [-0.1, -0.05) is 47.6 Å². The van der Waals surface area contributed by atoms with Gasteiger partial charge in [-0.15, -0.1) is 0 Å². The summed E-state index contributed by atoms with van der Waals surface area (Å²) in [6.45, 7) is 0. The molecule has 4 aromatic rings. The third-order valence-electron chi connectivity index (χ3n) is 7.08. The smallest absolute Gasteiger partial charge is 0.262 e. The van der Waals surface area contributed by atoms with Gasteiger partial charge in [0.15, 0.2) is 0 Å². The lowest BCUT2D eigenvalue weighted by Crippen LogP contribution is -2.50. The number of aromatic nitrogens is 1. The van der Waals surface area contributed by atoms with Crippen LogP contribution in [-0.4, -0.2) is 16.0 Å². The molecule has 2 unspecified atom stereocenters. The molecular formula is C30H24ClFN2O3S2. The number of fused-ring (bicyclic) bond motifs is 1. The highest BCUT2D eigenvalue weighted by Gasteiger charge is 2.44. The number of amides is 1. The van der Waals surface area contributed by atoms with Crippen molar-refractivity contribution >= 4 is 40.6 Å². The molecule has 6 rings (SSSR count). The molecule has 2 N–H and O–H groups in total. The zero-order valence-corrected chi connectivity index (χ0v) is 23.1. The van der Waals surface area contributed by atoms with Crippen molar-refractivity contribution < 1.29 is 19.0 Å². The Bertz CT molecular complexity index is 1580. The molecule has 2 aliphatic rings. The van der Waals surface area contributed by atoms with Crippen molar-refractivity contribution in [3.8, 4) is 5.88 Å². The first-order valence-corrected chi connectivity index (χ1v) is 14.7. The number of nitrogens with one attached hydrogen (secondary N) is 1. The number of thioether (sulfide) groups is 1. The molecule has 3 heterocycles. The summed E-state index contributed by atoms with van der Waals surface area (Å²) < 4.78 is 20.1. The van der Waals surface area contributed by atoms with Crippen LogP contribution in [-0.2, 0) is 16.8 Å². The summed E-state index contributed by atoms with van der Waals surface area (Å²) in [7, 11) is 0. The number of thiophene rings is 1. The van der Waals surface area contributed by atoms with Crippen LogP contribution in [0.25, 0.3) is 0 Å². The summed E-state index contributed by atoms with van der Waals surface area (Å²) in [5.74, 6) is -0.295. The highest BCUT2D eigenvalue weighted by atomic mass is 35.5. The van der Waals surface area contributed by atoms with Crippen molar-refractivity contribution in [3.05, 3.63) is 121 Å². The number of aliphatic hydroxyl groups is 1. The zero-order valence-electron chi connectivity index (χ0n) is 20.7. The number of benzene rings is 2. The van der Waals surface area contributed by atoms with Gasteiger partial charge in [-0.2, -0.15) is 11.3 Å². The molecule has 2 aromatic carbocycles. The minimum Gasteiger partial charge on any atom is -0.511 e. The Morgan fingerprint density at radius 2 is 2.03 bits per heavy atom. The molecule has 0 saturated carbocycles. The first-order chi connectivity index (χ1) is 18.9. The standard InChI is InChI=1S/C30H24ClFN2O3S2/c31-22-6-1-2-8-25(22)39-28-23(35)16-30(34-29(28)36,19-13-14-38-17-19)26-9-4-10-27(33-26)37-24-7-3-5-18-15-20(32)11-12-21(18)24/h1-2,4,6,8-15,17,24,35H,3,5,7,16H2,(H,34,36). The summed E-state index contributed by atoms with van der Waals surface area (Å²) >= 11 is 8.95. The van der Waals surface area contributed by atoms with E-state index in [9.17, 15) is 14.3 Å². The predicted octanol–water partition coefficient (Wildman–Crippen LogP) is 7.72. The first-order valence-electron chi connectivity index (χ1n) is 12.6. The van der Waals surface area contributed by atoms with Crippen molar-refractivity contribution in [1.82, 2.24) is 10.3 Å². The number of ether oxygens (including phenoxy) is 1. The molecular weight excluding hydrogens is 555 g/mol. The number of hydrogen-bond acceptors (Lipinski definition) is 6. The second-order valence-corrected chi connectivity index (χ2v) is 11.8. The Morgan fingerprint density at radius 3 is 2.82 bits per heavy atom. The summed E-state index contributed by atoms with van der Waals surface area (Å²) in [6, 6.07) is 19.4. The van der Waals surface area contributed by atoms with Crippen molar-refractivity contribution in [2.45, 2.75) is 42.2 Å². The Labute approximate surface area is 238 Å². The van der Waals surface area contributed by atoms with Gasteiger partial charge in [-0.05, 0) is 83.1 Å². The number of hydrogen-bond donors (Lipinski definition) is 2. The van der Waals surface area contributed by atoms with Gasteiger partial charge in [0.1, 0.15) is 28.1 Å². The number of halogens is 2. The summed E-state index contributed by atoms with van der Waals surface area (Å²) in [6.07, 6.45) is 2.36. The Hall–Kier alpha value is -3.33. The highest BCUT2D eigenvalue weighted by molar-refractivity contribution is 8.04. The van der Waals surface area contributed by atoms with E-state index in [1.54, 1.807) is 24.3 Å². The first kappa shape index (κ1) is 25.9. The summed E-state index contributed by atoms with van der Waals surface area (Å²) in [5.41, 5.74) is 2.21. The molecule has 0 saturated heterocycles.